The molecule has 3 heteroatoms. The second kappa shape index (κ2) is 11.2. The highest BCUT2D eigenvalue weighted by Gasteiger charge is 2.18. The van der Waals surface area contributed by atoms with Crippen LogP contribution in [0.3, 0.4) is 0 Å². The molecule has 0 saturated carbocycles. The first-order chi connectivity index (χ1) is 24.3. The lowest BCUT2D eigenvalue weighted by molar-refractivity contribution is 0.669. The van der Waals surface area contributed by atoms with Crippen LogP contribution in [0.1, 0.15) is 0 Å². The Hall–Kier alpha value is -6.16. The maximum Gasteiger partial charge on any atom is 0.136 e. The lowest BCUT2D eigenvalue weighted by Gasteiger charge is -2.27. The molecule has 2 aromatic heterocycles. The first-order valence-corrected chi connectivity index (χ1v) is 17.4. The van der Waals surface area contributed by atoms with Crippen molar-refractivity contribution in [2.24, 2.45) is 0 Å². The van der Waals surface area contributed by atoms with E-state index in [1.54, 1.807) is 0 Å². The van der Waals surface area contributed by atoms with Crippen LogP contribution in [0.15, 0.2) is 180 Å². The molecule has 230 valence electrons. The summed E-state index contributed by atoms with van der Waals surface area (Å²) in [5.41, 5.74) is 9.96. The molecule has 10 rings (SSSR count). The minimum atomic E-state index is 0.906. The lowest BCUT2D eigenvalue weighted by atomic mass is 10.0. The van der Waals surface area contributed by atoms with E-state index < -0.39 is 0 Å². The molecule has 0 fully saturated rings. The smallest absolute Gasteiger partial charge is 0.136 e. The Balaban J connectivity index is 1.17. The molecule has 0 N–H and O–H groups in total. The maximum atomic E-state index is 6.29. The van der Waals surface area contributed by atoms with E-state index in [0.717, 1.165) is 39.0 Å². The Morgan fingerprint density at radius 3 is 1.98 bits per heavy atom. The van der Waals surface area contributed by atoms with Crippen molar-refractivity contribution in [3.63, 3.8) is 0 Å². The lowest BCUT2D eigenvalue weighted by Crippen LogP contribution is -2.10. The Morgan fingerprint density at radius 2 is 1.08 bits per heavy atom. The molecule has 10 aromatic rings. The van der Waals surface area contributed by atoms with E-state index >= 15 is 0 Å². The van der Waals surface area contributed by atoms with E-state index in [-0.39, 0.29) is 0 Å². The minimum Gasteiger partial charge on any atom is -0.456 e. The van der Waals surface area contributed by atoms with Crippen LogP contribution >= 0.6 is 11.3 Å². The summed E-state index contributed by atoms with van der Waals surface area (Å²) in [7, 11) is 0. The van der Waals surface area contributed by atoms with Gasteiger partial charge in [0.15, 0.2) is 0 Å². The fourth-order valence-electron chi connectivity index (χ4n) is 7.34. The third-order valence-corrected chi connectivity index (χ3v) is 10.9. The fourth-order valence-corrected chi connectivity index (χ4v) is 8.58. The summed E-state index contributed by atoms with van der Waals surface area (Å²) in [6, 6.07) is 63.2. The van der Waals surface area contributed by atoms with Gasteiger partial charge < -0.3 is 9.32 Å². The summed E-state index contributed by atoms with van der Waals surface area (Å²) < 4.78 is 8.93. The Kier molecular flexibility index (Phi) is 6.39. The summed E-state index contributed by atoms with van der Waals surface area (Å²) in [6.07, 6.45) is 0. The molecule has 8 aromatic carbocycles. The number of fused-ring (bicyclic) bond motifs is 8. The van der Waals surface area contributed by atoms with E-state index in [9.17, 15) is 0 Å². The molecular formula is C46H29NOS. The van der Waals surface area contributed by atoms with Crippen molar-refractivity contribution in [2.45, 2.75) is 0 Å². The van der Waals surface area contributed by atoms with E-state index in [4.69, 9.17) is 4.42 Å². The summed E-state index contributed by atoms with van der Waals surface area (Å²) in [4.78, 5) is 2.38. The molecular weight excluding hydrogens is 615 g/mol. The molecule has 2 nitrogen and oxygen atoms in total. The van der Waals surface area contributed by atoms with Gasteiger partial charge in [-0.1, -0.05) is 121 Å². The van der Waals surface area contributed by atoms with E-state index in [0.29, 0.717) is 0 Å². The average molecular weight is 644 g/mol. The molecule has 0 unspecified atom stereocenters. The molecule has 0 spiro atoms. The second-order valence-corrected chi connectivity index (χ2v) is 13.6. The van der Waals surface area contributed by atoms with Gasteiger partial charge in [0, 0.05) is 48.0 Å². The second-order valence-electron chi connectivity index (χ2n) is 12.5. The zero-order valence-corrected chi connectivity index (χ0v) is 27.3. The van der Waals surface area contributed by atoms with Gasteiger partial charge in [-0.05, 0) is 87.6 Å². The van der Waals surface area contributed by atoms with Crippen LogP contribution in [0, 0.1) is 0 Å². The zero-order chi connectivity index (χ0) is 32.3. The van der Waals surface area contributed by atoms with Crippen LogP contribution in [-0.2, 0) is 0 Å². The van der Waals surface area contributed by atoms with Crippen molar-refractivity contribution in [3.05, 3.63) is 176 Å². The molecule has 0 amide bonds. The molecule has 0 atom stereocenters. The number of nitrogens with zero attached hydrogens (tertiary/aromatic N) is 1. The highest BCUT2D eigenvalue weighted by Crippen LogP contribution is 2.44. The average Bonchev–Trinajstić information content (AvgIpc) is 3.75. The van der Waals surface area contributed by atoms with Crippen molar-refractivity contribution in [1.82, 2.24) is 0 Å². The van der Waals surface area contributed by atoms with Gasteiger partial charge in [0.1, 0.15) is 11.2 Å². The number of furan rings is 1. The summed E-state index contributed by atoms with van der Waals surface area (Å²) in [5.74, 6) is 0. The predicted molar refractivity (Wildman–Crippen MR) is 210 cm³/mol. The monoisotopic (exact) mass is 643 g/mol. The van der Waals surface area contributed by atoms with Crippen molar-refractivity contribution in [3.8, 4) is 22.3 Å². The predicted octanol–water partition coefficient (Wildman–Crippen LogP) is 13.9. The number of hydrogen-bond acceptors (Lipinski definition) is 3. The van der Waals surface area contributed by atoms with Gasteiger partial charge in [-0.15, -0.1) is 11.3 Å². The van der Waals surface area contributed by atoms with Gasteiger partial charge >= 0.3 is 0 Å². The maximum absolute atomic E-state index is 6.29. The largest absolute Gasteiger partial charge is 0.456 e. The third kappa shape index (κ3) is 4.62. The number of rotatable bonds is 5. The molecule has 0 bridgehead atoms. The van der Waals surface area contributed by atoms with Crippen molar-refractivity contribution in [1.29, 1.82) is 0 Å². The number of thiophene rings is 1. The number of benzene rings is 8. The molecule has 49 heavy (non-hydrogen) atoms. The van der Waals surface area contributed by atoms with Gasteiger partial charge in [0.2, 0.25) is 0 Å². The van der Waals surface area contributed by atoms with Crippen LogP contribution < -0.4 is 4.90 Å². The molecule has 0 aliphatic rings. The van der Waals surface area contributed by atoms with Crippen LogP contribution in [-0.4, -0.2) is 0 Å². The van der Waals surface area contributed by atoms with E-state index in [1.807, 2.05) is 23.5 Å². The fraction of sp³-hybridized carbons (Fsp3) is 0. The standard InChI is InChI=1S/C46H29NOS/c1-2-10-30(11-3-1)31-20-24-34(25-21-31)47(36-26-22-32-23-27-43-45(41(32)29-36)40-15-4-6-18-42(40)48-43)35-13-8-12-33(28-35)37-16-9-17-39-38-14-5-7-19-44(38)49-46(37)39/h1-29H. The third-order valence-electron chi connectivity index (χ3n) is 9.65. The highest BCUT2D eigenvalue weighted by atomic mass is 32.1. The summed E-state index contributed by atoms with van der Waals surface area (Å²) in [5, 5.41) is 7.28. The highest BCUT2D eigenvalue weighted by molar-refractivity contribution is 7.26. The SMILES string of the molecule is c1ccc(-c2ccc(N(c3cccc(-c4cccc5c4sc4ccccc45)c3)c3ccc4ccc5oc6ccccc6c5c4c3)cc2)cc1. The van der Waals surface area contributed by atoms with Gasteiger partial charge in [-0.3, -0.25) is 0 Å². The Labute approximate surface area is 287 Å². The Morgan fingerprint density at radius 1 is 0.408 bits per heavy atom. The first-order valence-electron chi connectivity index (χ1n) is 16.6. The van der Waals surface area contributed by atoms with Crippen molar-refractivity contribution >= 4 is 81.3 Å². The van der Waals surface area contributed by atoms with Gasteiger partial charge in [0.05, 0.1) is 0 Å². The molecule has 0 aliphatic heterocycles. The summed E-state index contributed by atoms with van der Waals surface area (Å²) >= 11 is 1.87. The molecule has 0 aliphatic carbocycles. The first kappa shape index (κ1) is 27.9. The minimum absolute atomic E-state index is 0.906. The molecule has 0 saturated heterocycles. The quantitative estimate of drug-likeness (QED) is 0.186. The summed E-state index contributed by atoms with van der Waals surface area (Å²) in [6.45, 7) is 0. The van der Waals surface area contributed by atoms with Crippen LogP contribution in [0.25, 0.3) is 75.1 Å². The Bertz CT molecular complexity index is 2830. The van der Waals surface area contributed by atoms with E-state index in [2.05, 4.69) is 169 Å². The molecule has 2 heterocycles. The van der Waals surface area contributed by atoms with Crippen LogP contribution in [0.2, 0.25) is 0 Å². The van der Waals surface area contributed by atoms with E-state index in [1.165, 1.54) is 53.2 Å². The van der Waals surface area contributed by atoms with Gasteiger partial charge in [-0.2, -0.15) is 0 Å². The zero-order valence-electron chi connectivity index (χ0n) is 26.5. The van der Waals surface area contributed by atoms with Gasteiger partial charge in [0.25, 0.3) is 0 Å². The topological polar surface area (TPSA) is 16.4 Å². The normalized spacial score (nSPS) is 11.7. The van der Waals surface area contributed by atoms with Crippen LogP contribution in [0.5, 0.6) is 0 Å². The molecule has 0 radical (unpaired) electrons. The van der Waals surface area contributed by atoms with Crippen LogP contribution in [0.4, 0.5) is 17.1 Å². The number of hydrogen-bond donors (Lipinski definition) is 0. The van der Waals surface area contributed by atoms with Gasteiger partial charge in [-0.25, -0.2) is 0 Å². The van der Waals surface area contributed by atoms with Crippen molar-refractivity contribution in [2.75, 3.05) is 4.90 Å². The number of anilines is 3. The number of para-hydroxylation sites is 1. The van der Waals surface area contributed by atoms with Crippen molar-refractivity contribution < 1.29 is 4.42 Å².